The van der Waals surface area contributed by atoms with Crippen LogP contribution in [-0.2, 0) is 6.54 Å². The lowest BCUT2D eigenvalue weighted by Crippen LogP contribution is -2.18. The minimum absolute atomic E-state index is 0.281. The molecule has 3 aromatic rings. The second kappa shape index (κ2) is 9.05. The Morgan fingerprint density at radius 3 is 2.59 bits per heavy atom. The van der Waals surface area contributed by atoms with Crippen molar-refractivity contribution in [3.05, 3.63) is 76.6 Å². The average molecular weight is 392 g/mol. The fourth-order valence-electron chi connectivity index (χ4n) is 2.98. The van der Waals surface area contributed by atoms with Gasteiger partial charge in [-0.25, -0.2) is 5.43 Å². The van der Waals surface area contributed by atoms with Crippen LogP contribution in [0.1, 0.15) is 32.9 Å². The Kier molecular flexibility index (Phi) is 6.29. The van der Waals surface area contributed by atoms with Gasteiger partial charge in [-0.05, 0) is 61.4 Å². The van der Waals surface area contributed by atoms with E-state index in [-0.39, 0.29) is 5.91 Å². The highest BCUT2D eigenvalue weighted by Gasteiger charge is 2.08. The lowest BCUT2D eigenvalue weighted by molar-refractivity contribution is 0.0955. The Labute approximate surface area is 170 Å². The van der Waals surface area contributed by atoms with Crippen LogP contribution in [0.25, 0.3) is 0 Å². The molecule has 0 aliphatic carbocycles. The van der Waals surface area contributed by atoms with Gasteiger partial charge in [0.25, 0.3) is 5.91 Å². The van der Waals surface area contributed by atoms with Crippen molar-refractivity contribution >= 4 is 12.1 Å². The normalized spacial score (nSPS) is 10.9. The molecule has 2 aromatic carbocycles. The molecular formula is C22H24N4O3. The van der Waals surface area contributed by atoms with Crippen LogP contribution in [-0.4, -0.2) is 36.1 Å². The zero-order chi connectivity index (χ0) is 20.8. The highest BCUT2D eigenvalue weighted by atomic mass is 16.5. The summed E-state index contributed by atoms with van der Waals surface area (Å²) in [7, 11) is 3.15. The number of nitrogens with zero attached hydrogens (tertiary/aromatic N) is 3. The molecule has 7 nitrogen and oxygen atoms in total. The van der Waals surface area contributed by atoms with Crippen LogP contribution >= 0.6 is 0 Å². The number of carbonyl (C=O) groups is 1. The second-order valence-electron chi connectivity index (χ2n) is 6.60. The highest BCUT2D eigenvalue weighted by molar-refractivity contribution is 5.95. The third kappa shape index (κ3) is 5.01. The molecule has 3 rings (SSSR count). The zero-order valence-corrected chi connectivity index (χ0v) is 17.0. The van der Waals surface area contributed by atoms with E-state index in [1.54, 1.807) is 38.6 Å². The second-order valence-corrected chi connectivity index (χ2v) is 6.60. The van der Waals surface area contributed by atoms with Crippen molar-refractivity contribution in [1.82, 2.24) is 15.2 Å². The maximum Gasteiger partial charge on any atom is 0.271 e. The minimum Gasteiger partial charge on any atom is -0.493 e. The van der Waals surface area contributed by atoms with Crippen LogP contribution < -0.4 is 14.9 Å². The number of rotatable bonds is 7. The molecule has 7 heteroatoms. The summed E-state index contributed by atoms with van der Waals surface area (Å²) in [5.41, 5.74) is 6.92. The molecule has 1 aromatic heterocycles. The summed E-state index contributed by atoms with van der Waals surface area (Å²) in [4.78, 5) is 12.4. The van der Waals surface area contributed by atoms with Gasteiger partial charge in [0.05, 0.1) is 32.7 Å². The van der Waals surface area contributed by atoms with Crippen LogP contribution in [0.2, 0.25) is 0 Å². The van der Waals surface area contributed by atoms with Gasteiger partial charge in [-0.15, -0.1) is 0 Å². The Balaban J connectivity index is 1.66. The van der Waals surface area contributed by atoms with Gasteiger partial charge >= 0.3 is 0 Å². The summed E-state index contributed by atoms with van der Waals surface area (Å²) in [6.07, 6.45) is 1.56. The van der Waals surface area contributed by atoms with Gasteiger partial charge in [0.1, 0.15) is 0 Å². The monoisotopic (exact) mass is 392 g/mol. The number of hydrazone groups is 1. The molecule has 0 unspecified atom stereocenters. The molecule has 29 heavy (non-hydrogen) atoms. The van der Waals surface area contributed by atoms with Crippen LogP contribution in [0, 0.1) is 13.8 Å². The van der Waals surface area contributed by atoms with E-state index in [0.717, 1.165) is 22.5 Å². The van der Waals surface area contributed by atoms with E-state index in [2.05, 4.69) is 15.6 Å². The van der Waals surface area contributed by atoms with Gasteiger partial charge in [-0.3, -0.25) is 9.48 Å². The van der Waals surface area contributed by atoms with Crippen molar-refractivity contribution in [2.45, 2.75) is 20.4 Å². The summed E-state index contributed by atoms with van der Waals surface area (Å²) >= 11 is 0. The van der Waals surface area contributed by atoms with Gasteiger partial charge in [0.15, 0.2) is 11.5 Å². The number of ether oxygens (including phenoxy) is 2. The summed E-state index contributed by atoms with van der Waals surface area (Å²) < 4.78 is 12.4. The lowest BCUT2D eigenvalue weighted by Gasteiger charge is -2.08. The molecule has 0 saturated heterocycles. The van der Waals surface area contributed by atoms with Crippen LogP contribution in [0.15, 0.2) is 53.6 Å². The smallest absolute Gasteiger partial charge is 0.271 e. The van der Waals surface area contributed by atoms with E-state index in [1.807, 2.05) is 48.9 Å². The molecule has 0 atom stereocenters. The number of carbonyl (C=O) groups excluding carboxylic acids is 1. The quantitative estimate of drug-likeness (QED) is 0.494. The molecule has 0 aliphatic heterocycles. The Bertz CT molecular complexity index is 1040. The van der Waals surface area contributed by atoms with E-state index in [4.69, 9.17) is 9.47 Å². The fraction of sp³-hybridized carbons (Fsp3) is 0.227. The fourth-order valence-corrected chi connectivity index (χ4v) is 2.98. The Morgan fingerprint density at radius 1 is 1.10 bits per heavy atom. The number of nitrogens with one attached hydrogen (secondary N) is 1. The first kappa shape index (κ1) is 20.1. The standard InChI is InChI=1S/C22H24N4O3/c1-15-10-16(2)26(25-15)14-18-6-5-7-19(11-18)22(27)24-23-13-17-8-9-20(28-3)21(12-17)29-4/h5-13H,14H2,1-4H3,(H,24,27)/b23-13-. The van der Waals surface area contributed by atoms with Crippen LogP contribution in [0.4, 0.5) is 0 Å². The molecular weight excluding hydrogens is 368 g/mol. The van der Waals surface area contributed by atoms with Crippen molar-refractivity contribution in [2.24, 2.45) is 5.10 Å². The molecule has 0 fully saturated rings. The SMILES string of the molecule is COc1ccc(/C=N\NC(=O)c2cccc(Cn3nc(C)cc3C)c2)cc1OC. The molecule has 0 saturated carbocycles. The average Bonchev–Trinajstić information content (AvgIpc) is 3.04. The molecule has 150 valence electrons. The van der Waals surface area contributed by atoms with Crippen LogP contribution in [0.3, 0.4) is 0 Å². The van der Waals surface area contributed by atoms with Gasteiger partial charge < -0.3 is 9.47 Å². The molecule has 0 spiro atoms. The predicted molar refractivity (Wildman–Crippen MR) is 112 cm³/mol. The van der Waals surface area contributed by atoms with Crippen molar-refractivity contribution < 1.29 is 14.3 Å². The number of aryl methyl sites for hydroxylation is 2. The van der Waals surface area contributed by atoms with Crippen molar-refractivity contribution in [1.29, 1.82) is 0 Å². The Morgan fingerprint density at radius 2 is 1.90 bits per heavy atom. The van der Waals surface area contributed by atoms with Crippen molar-refractivity contribution in [3.63, 3.8) is 0 Å². The molecule has 0 aliphatic rings. The summed E-state index contributed by atoms with van der Waals surface area (Å²) in [5, 5.41) is 8.50. The van der Waals surface area contributed by atoms with E-state index < -0.39 is 0 Å². The largest absolute Gasteiger partial charge is 0.493 e. The van der Waals surface area contributed by atoms with E-state index >= 15 is 0 Å². The van der Waals surface area contributed by atoms with Gasteiger partial charge in [0.2, 0.25) is 0 Å². The third-order valence-electron chi connectivity index (χ3n) is 4.41. The predicted octanol–water partition coefficient (Wildman–Crippen LogP) is 3.33. The van der Waals surface area contributed by atoms with Crippen molar-refractivity contribution in [2.75, 3.05) is 14.2 Å². The summed E-state index contributed by atoms with van der Waals surface area (Å²) in [6.45, 7) is 4.58. The van der Waals surface area contributed by atoms with E-state index in [1.165, 1.54) is 0 Å². The Hall–Kier alpha value is -3.61. The molecule has 0 bridgehead atoms. The molecule has 1 amide bonds. The number of methoxy groups -OCH3 is 2. The van der Waals surface area contributed by atoms with Gasteiger partial charge in [-0.1, -0.05) is 12.1 Å². The molecule has 0 radical (unpaired) electrons. The number of amides is 1. The summed E-state index contributed by atoms with van der Waals surface area (Å²) in [5.74, 6) is 0.949. The summed E-state index contributed by atoms with van der Waals surface area (Å²) in [6, 6.07) is 14.8. The maximum absolute atomic E-state index is 12.4. The number of hydrogen-bond donors (Lipinski definition) is 1. The first-order valence-corrected chi connectivity index (χ1v) is 9.15. The third-order valence-corrected chi connectivity index (χ3v) is 4.41. The number of hydrogen-bond acceptors (Lipinski definition) is 5. The van der Waals surface area contributed by atoms with E-state index in [0.29, 0.717) is 23.6 Å². The zero-order valence-electron chi connectivity index (χ0n) is 17.0. The maximum atomic E-state index is 12.4. The van der Waals surface area contributed by atoms with Gasteiger partial charge in [-0.2, -0.15) is 10.2 Å². The molecule has 1 N–H and O–H groups in total. The molecule has 1 heterocycles. The minimum atomic E-state index is -0.281. The topological polar surface area (TPSA) is 77.7 Å². The number of benzene rings is 2. The van der Waals surface area contributed by atoms with Crippen molar-refractivity contribution in [3.8, 4) is 11.5 Å². The van der Waals surface area contributed by atoms with E-state index in [9.17, 15) is 4.79 Å². The van der Waals surface area contributed by atoms with Gasteiger partial charge in [0, 0.05) is 11.3 Å². The van der Waals surface area contributed by atoms with Crippen LogP contribution in [0.5, 0.6) is 11.5 Å². The lowest BCUT2D eigenvalue weighted by atomic mass is 10.1. The number of aromatic nitrogens is 2. The first-order valence-electron chi connectivity index (χ1n) is 9.15. The highest BCUT2D eigenvalue weighted by Crippen LogP contribution is 2.26. The first-order chi connectivity index (χ1) is 14.0.